The van der Waals surface area contributed by atoms with E-state index in [0.717, 1.165) is 79.5 Å². The number of carbonyl (C=O) groups excluding carboxylic acids is 5. The molecule has 1 saturated heterocycles. The third kappa shape index (κ3) is 15.5. The number of Topliss-reactive ketones (excluding diaryl/α,β-unsaturated/α-hetero) is 1. The Kier molecular flexibility index (Phi) is 18.9. The Morgan fingerprint density at radius 3 is 1.82 bits per heavy atom. The molecule has 0 aromatic heterocycles. The molecule has 0 spiro atoms. The van der Waals surface area contributed by atoms with E-state index in [9.17, 15) is 29.1 Å². The predicted octanol–water partition coefficient (Wildman–Crippen LogP) is 6.37. The van der Waals surface area contributed by atoms with Gasteiger partial charge in [-0.2, -0.15) is 0 Å². The first-order valence-electron chi connectivity index (χ1n) is 26.1. The van der Waals surface area contributed by atoms with E-state index in [1.165, 1.54) is 18.2 Å². The lowest BCUT2D eigenvalue weighted by Gasteiger charge is -2.34. The number of ketones is 1. The number of aliphatic imine (C=N–C) groups is 2. The molecule has 21 nitrogen and oxygen atoms in total. The van der Waals surface area contributed by atoms with E-state index in [1.807, 2.05) is 54.6 Å². The molecule has 5 aromatic carbocycles. The first-order valence-corrected chi connectivity index (χ1v) is 26.9. The summed E-state index contributed by atoms with van der Waals surface area (Å²) in [7, 11) is 0. The highest BCUT2D eigenvalue weighted by molar-refractivity contribution is 8.08. The van der Waals surface area contributed by atoms with Crippen LogP contribution >= 0.6 is 11.8 Å². The minimum absolute atomic E-state index is 0.0633. The molecule has 0 aliphatic carbocycles. The van der Waals surface area contributed by atoms with Gasteiger partial charge in [0.15, 0.2) is 11.5 Å². The average molecular weight is 1090 g/mol. The van der Waals surface area contributed by atoms with Crippen LogP contribution in [0.25, 0.3) is 6.08 Å². The molecule has 9 N–H and O–H groups in total. The van der Waals surface area contributed by atoms with Crippen molar-refractivity contribution in [3.05, 3.63) is 153 Å². The summed E-state index contributed by atoms with van der Waals surface area (Å²) in [6, 6.07) is 32.2. The van der Waals surface area contributed by atoms with Gasteiger partial charge in [-0.15, -0.1) is 0 Å². The summed E-state index contributed by atoms with van der Waals surface area (Å²) in [6.07, 6.45) is 1.63. The van der Waals surface area contributed by atoms with Crippen LogP contribution in [0.1, 0.15) is 34.0 Å². The first-order chi connectivity index (χ1) is 38.5. The molecule has 0 radical (unpaired) electrons. The van der Waals surface area contributed by atoms with Gasteiger partial charge in [0.05, 0.1) is 42.8 Å². The third-order valence-electron chi connectivity index (χ3n) is 12.8. The fourth-order valence-electron chi connectivity index (χ4n) is 8.81. The van der Waals surface area contributed by atoms with E-state index >= 15 is 0 Å². The van der Waals surface area contributed by atoms with Crippen molar-refractivity contribution < 1.29 is 43.3 Å². The van der Waals surface area contributed by atoms with E-state index in [0.29, 0.717) is 72.0 Å². The minimum Gasteiger partial charge on any atom is -0.504 e. The Morgan fingerprint density at radius 1 is 0.684 bits per heavy atom. The zero-order chi connectivity index (χ0) is 54.9. The number of benzene rings is 5. The number of hydrogen-bond acceptors (Lipinski definition) is 17. The van der Waals surface area contributed by atoms with Gasteiger partial charge in [-0.05, 0) is 110 Å². The second-order valence-electron chi connectivity index (χ2n) is 18.4. The van der Waals surface area contributed by atoms with E-state index in [-0.39, 0.29) is 48.0 Å². The van der Waals surface area contributed by atoms with Gasteiger partial charge < -0.3 is 61.9 Å². The number of allylic oxidation sites excluding steroid dienone is 1. The zero-order valence-corrected chi connectivity index (χ0v) is 44.4. The number of carbonyl (C=O) groups is 5. The second kappa shape index (κ2) is 27.1. The van der Waals surface area contributed by atoms with Crippen molar-refractivity contribution in [2.45, 2.75) is 6.92 Å². The number of rotatable bonds is 22. The summed E-state index contributed by atoms with van der Waals surface area (Å²) in [5, 5.41) is 34.9. The maximum absolute atomic E-state index is 13.5. The topological polar surface area (TPSA) is 261 Å². The molecule has 4 aliphatic heterocycles. The molecule has 5 aromatic rings. The van der Waals surface area contributed by atoms with Gasteiger partial charge in [-0.1, -0.05) is 36.0 Å². The standard InChI is InChI=1S/C57H62N12O9S/c1-2-77-55(73)49-50(71)48(79-54(49)63-41-6-4-3-5-7-41)33-37-8-17-47(46(70)32-37)78-31-28-69-25-23-68(24-26-69)27-30-76-29-22-62-53(72)40-34-44(66-56(74)64-42-13-9-38(10-14-42)51-58-18-19-59-51)36-45(35-40)67-57(75)65-43-15-11-39(12-16-43)52-60-20-21-61-52/h3-17,32-36,63,70H,2,18-31H2,1H3,(H,58,59)(H,60,61)(H,62,72)(H2,64,66,74)(H2,65,67,75)/b48-33-. The normalized spacial score (nSPS) is 15.9. The minimum atomic E-state index is -0.700. The molecule has 9 rings (SSSR count). The number of phenols is 1. The first kappa shape index (κ1) is 55.1. The SMILES string of the molecule is CCOC(=O)C1=C(Nc2ccccc2)S/C(=C\c2ccc(OCCN3CCN(CCOCCNC(=O)c4cc(NC(=O)Nc5ccc(C6=NCCN6)cc5)cc(NC(=O)Nc5ccc(C6=NCCN6)cc5)c4)CC3)c(O)c2)C1=O. The number of aromatic hydroxyl groups is 1. The maximum Gasteiger partial charge on any atom is 0.344 e. The molecule has 0 bridgehead atoms. The highest BCUT2D eigenvalue weighted by Crippen LogP contribution is 2.41. The molecular weight excluding hydrogens is 1030 g/mol. The number of hydrogen-bond donors (Lipinski definition) is 9. The quantitative estimate of drug-likeness (QED) is 0.0158. The smallest absolute Gasteiger partial charge is 0.344 e. The van der Waals surface area contributed by atoms with Gasteiger partial charge in [-0.25, -0.2) is 14.4 Å². The second-order valence-corrected chi connectivity index (χ2v) is 19.5. The lowest BCUT2D eigenvalue weighted by Crippen LogP contribution is -2.48. The molecule has 4 aliphatic rings. The lowest BCUT2D eigenvalue weighted by atomic mass is 10.1. The summed E-state index contributed by atoms with van der Waals surface area (Å²) < 4.78 is 17.0. The van der Waals surface area contributed by atoms with Crippen molar-refractivity contribution in [3.63, 3.8) is 0 Å². The van der Waals surface area contributed by atoms with Crippen molar-refractivity contribution in [2.24, 2.45) is 9.98 Å². The molecule has 22 heteroatoms. The molecule has 79 heavy (non-hydrogen) atoms. The summed E-state index contributed by atoms with van der Waals surface area (Å²) in [5.41, 5.74) is 4.90. The molecule has 410 valence electrons. The number of nitrogens with zero attached hydrogens (tertiary/aromatic N) is 4. The number of thioether (sulfide) groups is 1. The number of ether oxygens (including phenoxy) is 3. The number of amides is 5. The van der Waals surface area contributed by atoms with Crippen molar-refractivity contribution in [1.82, 2.24) is 25.8 Å². The van der Waals surface area contributed by atoms with Crippen molar-refractivity contribution in [3.8, 4) is 11.5 Å². The van der Waals surface area contributed by atoms with E-state index in [4.69, 9.17) is 14.2 Å². The van der Waals surface area contributed by atoms with Crippen LogP contribution < -0.4 is 47.3 Å². The number of esters is 1. The van der Waals surface area contributed by atoms with Crippen LogP contribution in [0, 0.1) is 0 Å². The number of piperazine rings is 1. The van der Waals surface area contributed by atoms with Crippen LogP contribution in [-0.2, 0) is 19.1 Å². The van der Waals surface area contributed by atoms with E-state index < -0.39 is 29.7 Å². The Hall–Kier alpha value is -8.70. The molecule has 0 atom stereocenters. The van der Waals surface area contributed by atoms with Crippen LogP contribution in [0.5, 0.6) is 11.5 Å². The molecular formula is C57H62N12O9S. The summed E-state index contributed by atoms with van der Waals surface area (Å²) in [6.45, 7) is 10.8. The average Bonchev–Trinajstić information content (AvgIpc) is 4.35. The van der Waals surface area contributed by atoms with Gasteiger partial charge >= 0.3 is 18.0 Å². The van der Waals surface area contributed by atoms with Gasteiger partial charge in [0, 0.05) is 104 Å². The van der Waals surface area contributed by atoms with Crippen LogP contribution in [0.15, 0.2) is 141 Å². The van der Waals surface area contributed by atoms with E-state index in [1.54, 1.807) is 55.5 Å². The number of nitrogens with one attached hydrogen (secondary N) is 8. The lowest BCUT2D eigenvalue weighted by molar-refractivity contribution is -0.139. The van der Waals surface area contributed by atoms with Gasteiger partial charge in [0.1, 0.15) is 23.9 Å². The number of para-hydroxylation sites is 1. The van der Waals surface area contributed by atoms with Crippen LogP contribution in [0.4, 0.5) is 38.0 Å². The molecule has 0 saturated carbocycles. The highest BCUT2D eigenvalue weighted by Gasteiger charge is 2.35. The summed E-state index contributed by atoms with van der Waals surface area (Å²) >= 11 is 1.14. The van der Waals surface area contributed by atoms with Crippen molar-refractivity contribution in [1.29, 1.82) is 0 Å². The Morgan fingerprint density at radius 2 is 1.27 bits per heavy atom. The van der Waals surface area contributed by atoms with Gasteiger partial charge in [-0.3, -0.25) is 29.4 Å². The predicted molar refractivity (Wildman–Crippen MR) is 307 cm³/mol. The monoisotopic (exact) mass is 1090 g/mol. The fourth-order valence-corrected chi connectivity index (χ4v) is 9.86. The Bertz CT molecular complexity index is 3040. The summed E-state index contributed by atoms with van der Waals surface area (Å²) in [4.78, 5) is 79.9. The number of anilines is 5. The van der Waals surface area contributed by atoms with Crippen LogP contribution in [0.3, 0.4) is 0 Å². The van der Waals surface area contributed by atoms with Crippen LogP contribution in [-0.4, -0.2) is 155 Å². The van der Waals surface area contributed by atoms with E-state index in [2.05, 4.69) is 62.3 Å². The van der Waals surface area contributed by atoms with Gasteiger partial charge in [0.2, 0.25) is 5.78 Å². The Labute approximate surface area is 461 Å². The van der Waals surface area contributed by atoms with Crippen molar-refractivity contribution >= 4 is 87.7 Å². The maximum atomic E-state index is 13.5. The fraction of sp³-hybridized carbons (Fsp3) is 0.281. The number of urea groups is 2. The Balaban J connectivity index is 0.699. The van der Waals surface area contributed by atoms with Crippen LogP contribution in [0.2, 0.25) is 0 Å². The third-order valence-corrected chi connectivity index (χ3v) is 13.8. The van der Waals surface area contributed by atoms with Crippen molar-refractivity contribution in [2.75, 3.05) is 125 Å². The zero-order valence-electron chi connectivity index (χ0n) is 43.6. The number of phenolic OH excluding ortho intramolecular Hbond substituents is 1. The molecule has 5 amide bonds. The number of amidine groups is 2. The van der Waals surface area contributed by atoms with Gasteiger partial charge in [0.25, 0.3) is 5.91 Å². The molecule has 4 heterocycles. The highest BCUT2D eigenvalue weighted by atomic mass is 32.2. The molecule has 0 unspecified atom stereocenters. The molecule has 1 fully saturated rings. The largest absolute Gasteiger partial charge is 0.504 e. The summed E-state index contributed by atoms with van der Waals surface area (Å²) in [5.74, 6) is 0.285.